The molecule has 0 saturated carbocycles. The van der Waals surface area contributed by atoms with Gasteiger partial charge < -0.3 is 30.2 Å². The number of nitrogens with zero attached hydrogens (tertiary/aromatic N) is 7. The molecule has 2 saturated heterocycles. The van der Waals surface area contributed by atoms with Crippen LogP contribution >= 0.6 is 0 Å². The third kappa shape index (κ3) is 7.86. The number of carbonyl (C=O) groups excluding carboxylic acids is 2. The van der Waals surface area contributed by atoms with Crippen molar-refractivity contribution in [1.82, 2.24) is 44.6 Å². The Morgan fingerprint density at radius 2 is 1.18 bits per heavy atom. The fourth-order valence-electron chi connectivity index (χ4n) is 8.01. The summed E-state index contributed by atoms with van der Waals surface area (Å²) in [7, 11) is 1.45. The number of nitrogens with one attached hydrogen (secondary N) is 3. The number of aromatic nitrogens is 6. The van der Waals surface area contributed by atoms with Gasteiger partial charge in [0.25, 0.3) is 0 Å². The molecule has 2 aromatic carbocycles. The van der Waals surface area contributed by atoms with E-state index in [1.807, 2.05) is 38.8 Å². The fourth-order valence-corrected chi connectivity index (χ4v) is 8.01. The molecule has 2 fully saturated rings. The van der Waals surface area contributed by atoms with Crippen molar-refractivity contribution in [3.63, 3.8) is 0 Å². The lowest BCUT2D eigenvalue weighted by Crippen LogP contribution is -2.51. The summed E-state index contributed by atoms with van der Waals surface area (Å²) >= 11 is 0. The molecule has 0 radical (unpaired) electrons. The first-order valence-electron chi connectivity index (χ1n) is 19.4. The summed E-state index contributed by atoms with van der Waals surface area (Å²) in [5.74, 6) is 1.63. The van der Waals surface area contributed by atoms with Gasteiger partial charge in [-0.25, -0.2) is 24.7 Å². The lowest BCUT2D eigenvalue weighted by Gasteiger charge is -2.33. The van der Waals surface area contributed by atoms with E-state index in [0.29, 0.717) is 24.9 Å². The van der Waals surface area contributed by atoms with Crippen molar-refractivity contribution >= 4 is 23.9 Å². The van der Waals surface area contributed by atoms with E-state index in [4.69, 9.17) is 4.98 Å². The van der Waals surface area contributed by atoms with Gasteiger partial charge in [0, 0.05) is 32.5 Å². The van der Waals surface area contributed by atoms with Crippen LogP contribution in [0.25, 0.3) is 33.6 Å². The summed E-state index contributed by atoms with van der Waals surface area (Å²) in [6.45, 7) is 9.01. The topological polar surface area (TPSA) is 176 Å². The number of amides is 3. The number of likely N-dealkylation sites (tertiary alicyclic amines) is 2. The SMILES string of the molecule is CC(C)[C@@H](C(=O)N1CCC[C@H]1c1ncc(-c2ccc(-c3ccc(-c4cnc([C@@H]5CCCN5C(=O)[C@H](Nc5ncccn5)C(C)C)[nH]4)cc3)cc2)[nH]1)N(C)C(=O)O. The molecule has 3 aromatic heterocycles. The van der Waals surface area contributed by atoms with E-state index in [1.54, 1.807) is 29.6 Å². The average Bonchev–Trinajstić information content (AvgIpc) is 4.04. The number of aromatic amines is 2. The van der Waals surface area contributed by atoms with Crippen molar-refractivity contribution < 1.29 is 19.5 Å². The highest BCUT2D eigenvalue weighted by atomic mass is 16.4. The van der Waals surface area contributed by atoms with Gasteiger partial charge in [-0.15, -0.1) is 0 Å². The monoisotopic (exact) mass is 758 g/mol. The Kier molecular flexibility index (Phi) is 11.2. The van der Waals surface area contributed by atoms with Crippen LogP contribution in [0, 0.1) is 11.8 Å². The predicted molar refractivity (Wildman–Crippen MR) is 213 cm³/mol. The Bertz CT molecular complexity index is 2130. The van der Waals surface area contributed by atoms with Gasteiger partial charge >= 0.3 is 6.09 Å². The number of imidazole rings is 2. The third-order valence-corrected chi connectivity index (χ3v) is 11.0. The summed E-state index contributed by atoms with van der Waals surface area (Å²) in [5.41, 5.74) is 5.85. The van der Waals surface area contributed by atoms with E-state index in [2.05, 4.69) is 78.8 Å². The minimum atomic E-state index is -1.12. The van der Waals surface area contributed by atoms with Gasteiger partial charge in [-0.1, -0.05) is 76.2 Å². The first-order valence-corrected chi connectivity index (χ1v) is 19.4. The molecule has 14 nitrogen and oxygen atoms in total. The molecule has 0 spiro atoms. The van der Waals surface area contributed by atoms with Gasteiger partial charge in [0.1, 0.15) is 23.7 Å². The predicted octanol–water partition coefficient (Wildman–Crippen LogP) is 7.02. The lowest BCUT2D eigenvalue weighted by molar-refractivity contribution is -0.138. The van der Waals surface area contributed by atoms with Crippen LogP contribution in [0.15, 0.2) is 79.4 Å². The lowest BCUT2D eigenvalue weighted by atomic mass is 10.0. The maximum Gasteiger partial charge on any atom is 0.407 e. The molecular weight excluding hydrogens is 709 g/mol. The van der Waals surface area contributed by atoms with E-state index < -0.39 is 18.2 Å². The molecule has 4 atom stereocenters. The molecule has 0 unspecified atom stereocenters. The minimum Gasteiger partial charge on any atom is -0.465 e. The number of likely N-dealkylation sites (N-methyl/N-ethyl adjacent to an activating group) is 1. The zero-order valence-electron chi connectivity index (χ0n) is 32.5. The molecule has 3 amide bonds. The van der Waals surface area contributed by atoms with Crippen LogP contribution in [0.4, 0.5) is 10.7 Å². The highest BCUT2D eigenvalue weighted by molar-refractivity contribution is 5.86. The van der Waals surface area contributed by atoms with Gasteiger partial charge in [0.15, 0.2) is 0 Å². The van der Waals surface area contributed by atoms with Crippen LogP contribution in [-0.2, 0) is 9.59 Å². The molecule has 7 rings (SSSR count). The number of H-pyrrole nitrogens is 2. The molecular formula is C42H50N10O4. The molecule has 56 heavy (non-hydrogen) atoms. The van der Waals surface area contributed by atoms with E-state index in [-0.39, 0.29) is 35.7 Å². The Hall–Kier alpha value is -6.05. The van der Waals surface area contributed by atoms with Crippen molar-refractivity contribution in [2.24, 2.45) is 11.8 Å². The zero-order chi connectivity index (χ0) is 39.5. The van der Waals surface area contributed by atoms with E-state index in [0.717, 1.165) is 70.0 Å². The summed E-state index contributed by atoms with van der Waals surface area (Å²) in [6.07, 6.45) is 9.16. The van der Waals surface area contributed by atoms with Crippen molar-refractivity contribution in [3.05, 3.63) is 91.0 Å². The number of carbonyl (C=O) groups is 3. The van der Waals surface area contributed by atoms with E-state index >= 15 is 0 Å². The molecule has 5 aromatic rings. The molecule has 5 heterocycles. The third-order valence-electron chi connectivity index (χ3n) is 11.0. The first-order chi connectivity index (χ1) is 27.0. The Morgan fingerprint density at radius 1 is 0.714 bits per heavy atom. The second kappa shape index (κ2) is 16.4. The number of rotatable bonds is 12. The second-order valence-corrected chi connectivity index (χ2v) is 15.4. The smallest absolute Gasteiger partial charge is 0.407 e. The van der Waals surface area contributed by atoms with Gasteiger partial charge in [-0.3, -0.25) is 14.5 Å². The van der Waals surface area contributed by atoms with Crippen molar-refractivity contribution in [2.45, 2.75) is 77.5 Å². The van der Waals surface area contributed by atoms with Gasteiger partial charge in [0.2, 0.25) is 17.8 Å². The molecule has 2 aliphatic rings. The maximum absolute atomic E-state index is 13.8. The van der Waals surface area contributed by atoms with Gasteiger partial charge in [0.05, 0.1) is 35.9 Å². The summed E-state index contributed by atoms with van der Waals surface area (Å²) in [4.78, 5) is 68.8. The average molecular weight is 759 g/mol. The summed E-state index contributed by atoms with van der Waals surface area (Å²) in [5, 5.41) is 12.8. The molecule has 0 bridgehead atoms. The van der Waals surface area contributed by atoms with Crippen LogP contribution in [0.2, 0.25) is 0 Å². The Morgan fingerprint density at radius 3 is 1.62 bits per heavy atom. The van der Waals surface area contributed by atoms with Crippen molar-refractivity contribution in [2.75, 3.05) is 25.5 Å². The van der Waals surface area contributed by atoms with Crippen LogP contribution < -0.4 is 5.32 Å². The molecule has 0 aliphatic carbocycles. The second-order valence-electron chi connectivity index (χ2n) is 15.4. The van der Waals surface area contributed by atoms with Crippen LogP contribution in [0.3, 0.4) is 0 Å². The zero-order valence-corrected chi connectivity index (χ0v) is 32.5. The fraction of sp³-hybridized carbons (Fsp3) is 0.405. The van der Waals surface area contributed by atoms with Crippen LogP contribution in [-0.4, -0.2) is 99.8 Å². The van der Waals surface area contributed by atoms with E-state index in [9.17, 15) is 19.5 Å². The van der Waals surface area contributed by atoms with Crippen LogP contribution in [0.1, 0.15) is 77.1 Å². The van der Waals surface area contributed by atoms with Crippen LogP contribution in [0.5, 0.6) is 0 Å². The number of anilines is 1. The van der Waals surface area contributed by atoms with Crippen molar-refractivity contribution in [3.8, 4) is 33.6 Å². The quantitative estimate of drug-likeness (QED) is 0.104. The number of benzene rings is 2. The highest BCUT2D eigenvalue weighted by Crippen LogP contribution is 2.35. The largest absolute Gasteiger partial charge is 0.465 e. The van der Waals surface area contributed by atoms with Crippen molar-refractivity contribution in [1.29, 1.82) is 0 Å². The van der Waals surface area contributed by atoms with Gasteiger partial charge in [-0.2, -0.15) is 0 Å². The number of carboxylic acid groups (broad SMARTS) is 1. The highest BCUT2D eigenvalue weighted by Gasteiger charge is 2.40. The number of hydrogen-bond acceptors (Lipinski definition) is 8. The summed E-state index contributed by atoms with van der Waals surface area (Å²) in [6, 6.07) is 16.7. The summed E-state index contributed by atoms with van der Waals surface area (Å²) < 4.78 is 0. The maximum atomic E-state index is 13.8. The minimum absolute atomic E-state index is 0.0196. The Balaban J connectivity index is 1.00. The molecule has 14 heteroatoms. The molecule has 292 valence electrons. The normalized spacial score (nSPS) is 18.1. The Labute approximate surface area is 326 Å². The molecule has 4 N–H and O–H groups in total. The van der Waals surface area contributed by atoms with E-state index in [1.165, 1.54) is 7.05 Å². The first kappa shape index (κ1) is 38.2. The molecule has 2 aliphatic heterocycles. The number of hydrogen-bond donors (Lipinski definition) is 4. The standard InChI is InChI=1S/C42H50N10O4/c1-25(2)35(49-41-43-19-8-20-44-41)39(53)51-21-6-9-33(51)37-45-23-31(47-37)29-15-11-27(12-16-29)28-13-17-30(18-14-28)32-24-46-38(48-32)34-10-7-22-52(34)40(54)36(26(3)4)50(5)42(55)56/h8,11-20,23-26,33-36H,6-7,9-10,21-22H2,1-5H3,(H,45,47)(H,46,48)(H,55,56)(H,43,44,49)/t33-,34-,35+,36-/m0/s1. The van der Waals surface area contributed by atoms with Gasteiger partial charge in [-0.05, 0) is 65.8 Å².